The van der Waals surface area contributed by atoms with Crippen LogP contribution in [-0.2, 0) is 14.3 Å². The van der Waals surface area contributed by atoms with Crippen molar-refractivity contribution in [2.45, 2.75) is 43.7 Å². The predicted octanol–water partition coefficient (Wildman–Crippen LogP) is 0.851. The van der Waals surface area contributed by atoms with Crippen molar-refractivity contribution in [2.75, 3.05) is 20.3 Å². The molecule has 4 nitrogen and oxygen atoms in total. The zero-order valence-electron chi connectivity index (χ0n) is 9.25. The topological polar surface area (TPSA) is 47.6 Å². The molecule has 1 heterocycles. The average molecular weight is 213 g/mol. The van der Waals surface area contributed by atoms with Gasteiger partial charge in [-0.15, -0.1) is 0 Å². The zero-order chi connectivity index (χ0) is 10.7. The number of esters is 1. The molecule has 0 aromatic heterocycles. The van der Waals surface area contributed by atoms with E-state index in [2.05, 4.69) is 5.32 Å². The first-order chi connectivity index (χ1) is 7.27. The first-order valence-electron chi connectivity index (χ1n) is 5.71. The van der Waals surface area contributed by atoms with Crippen molar-refractivity contribution in [3.8, 4) is 0 Å². The van der Waals surface area contributed by atoms with Crippen LogP contribution in [0.5, 0.6) is 0 Å². The highest BCUT2D eigenvalue weighted by molar-refractivity contribution is 5.80. The minimum absolute atomic E-state index is 0.125. The van der Waals surface area contributed by atoms with Gasteiger partial charge in [0.25, 0.3) is 0 Å². The smallest absolute Gasteiger partial charge is 0.326 e. The first-order valence-corrected chi connectivity index (χ1v) is 5.71. The molecule has 0 aromatic rings. The van der Waals surface area contributed by atoms with Gasteiger partial charge in [0.2, 0.25) is 0 Å². The molecule has 1 unspecified atom stereocenters. The summed E-state index contributed by atoms with van der Waals surface area (Å²) in [5.41, 5.74) is -0.480. The van der Waals surface area contributed by atoms with Gasteiger partial charge in [0.15, 0.2) is 0 Å². The number of methoxy groups -OCH3 is 1. The quantitative estimate of drug-likeness (QED) is 0.706. The summed E-state index contributed by atoms with van der Waals surface area (Å²) in [6, 6.07) is 0.516. The standard InChI is InChI=1S/C11H19NO3/c1-14-10(13)11(12-9-3-4-9)5-2-7-15-8-6-11/h9,12H,2-8H2,1H3. The maximum absolute atomic E-state index is 11.9. The van der Waals surface area contributed by atoms with Crippen LogP contribution in [0.3, 0.4) is 0 Å². The molecular weight excluding hydrogens is 194 g/mol. The second-order valence-corrected chi connectivity index (χ2v) is 4.46. The van der Waals surface area contributed by atoms with Gasteiger partial charge in [-0.1, -0.05) is 0 Å². The van der Waals surface area contributed by atoms with Crippen LogP contribution in [0.1, 0.15) is 32.1 Å². The van der Waals surface area contributed by atoms with E-state index in [4.69, 9.17) is 9.47 Å². The highest BCUT2D eigenvalue weighted by Gasteiger charge is 2.43. The second kappa shape index (κ2) is 4.49. The lowest BCUT2D eigenvalue weighted by Crippen LogP contribution is -2.53. The molecule has 0 aromatic carbocycles. The molecule has 0 bridgehead atoms. The van der Waals surface area contributed by atoms with E-state index >= 15 is 0 Å². The molecule has 1 saturated carbocycles. The van der Waals surface area contributed by atoms with Crippen LogP contribution < -0.4 is 5.32 Å². The van der Waals surface area contributed by atoms with Gasteiger partial charge in [-0.2, -0.15) is 0 Å². The van der Waals surface area contributed by atoms with Gasteiger partial charge in [0, 0.05) is 19.3 Å². The lowest BCUT2D eigenvalue weighted by atomic mass is 9.90. The number of carbonyl (C=O) groups is 1. The van der Waals surface area contributed by atoms with E-state index in [0.29, 0.717) is 12.6 Å². The Kier molecular flexibility index (Phi) is 3.26. The molecule has 2 rings (SSSR count). The largest absolute Gasteiger partial charge is 0.468 e. The summed E-state index contributed by atoms with van der Waals surface area (Å²) in [4.78, 5) is 11.9. The summed E-state index contributed by atoms with van der Waals surface area (Å²) in [5.74, 6) is -0.125. The normalized spacial score (nSPS) is 32.1. The zero-order valence-corrected chi connectivity index (χ0v) is 9.25. The van der Waals surface area contributed by atoms with E-state index in [1.165, 1.54) is 20.0 Å². The van der Waals surface area contributed by atoms with Crippen molar-refractivity contribution < 1.29 is 14.3 Å². The summed E-state index contributed by atoms with van der Waals surface area (Å²) in [6.45, 7) is 1.40. The van der Waals surface area contributed by atoms with E-state index in [1.807, 2.05) is 0 Å². The van der Waals surface area contributed by atoms with E-state index in [0.717, 1.165) is 25.9 Å². The Balaban J connectivity index is 2.07. The first kappa shape index (κ1) is 10.9. The Morgan fingerprint density at radius 2 is 2.20 bits per heavy atom. The molecule has 0 radical (unpaired) electrons. The Hall–Kier alpha value is -0.610. The summed E-state index contributed by atoms with van der Waals surface area (Å²) in [5, 5.41) is 3.44. The number of carbonyl (C=O) groups excluding carboxylic acids is 1. The number of nitrogens with one attached hydrogen (secondary N) is 1. The molecule has 2 aliphatic rings. The molecule has 1 N–H and O–H groups in total. The number of hydrogen-bond acceptors (Lipinski definition) is 4. The van der Waals surface area contributed by atoms with E-state index in [1.54, 1.807) is 0 Å². The van der Waals surface area contributed by atoms with Crippen LogP contribution in [0, 0.1) is 0 Å². The maximum atomic E-state index is 11.9. The highest BCUT2D eigenvalue weighted by atomic mass is 16.5. The number of ether oxygens (including phenoxy) is 2. The van der Waals surface area contributed by atoms with Gasteiger partial charge < -0.3 is 9.47 Å². The maximum Gasteiger partial charge on any atom is 0.326 e. The molecule has 0 amide bonds. The molecule has 1 atom stereocenters. The number of rotatable bonds is 3. The summed E-state index contributed by atoms with van der Waals surface area (Å²) < 4.78 is 10.3. The monoisotopic (exact) mass is 213 g/mol. The summed E-state index contributed by atoms with van der Waals surface area (Å²) in [6.07, 6.45) is 4.85. The fourth-order valence-corrected chi connectivity index (χ4v) is 2.17. The fourth-order valence-electron chi connectivity index (χ4n) is 2.17. The fraction of sp³-hybridized carbons (Fsp3) is 0.909. The van der Waals surface area contributed by atoms with E-state index < -0.39 is 5.54 Å². The molecule has 1 saturated heterocycles. The summed E-state index contributed by atoms with van der Waals surface area (Å²) >= 11 is 0. The van der Waals surface area contributed by atoms with Crippen molar-refractivity contribution in [1.29, 1.82) is 0 Å². The van der Waals surface area contributed by atoms with Crippen molar-refractivity contribution in [2.24, 2.45) is 0 Å². The third kappa shape index (κ3) is 2.49. The SMILES string of the molecule is COC(=O)C1(NC2CC2)CCCOCC1. The van der Waals surface area contributed by atoms with E-state index in [-0.39, 0.29) is 5.97 Å². The van der Waals surface area contributed by atoms with Crippen molar-refractivity contribution >= 4 is 5.97 Å². The van der Waals surface area contributed by atoms with Gasteiger partial charge in [-0.25, -0.2) is 0 Å². The second-order valence-electron chi connectivity index (χ2n) is 4.46. The van der Waals surface area contributed by atoms with Crippen LogP contribution in [0.2, 0.25) is 0 Å². The van der Waals surface area contributed by atoms with E-state index in [9.17, 15) is 4.79 Å². The molecule has 1 aliphatic heterocycles. The highest BCUT2D eigenvalue weighted by Crippen LogP contribution is 2.29. The van der Waals surface area contributed by atoms with Crippen molar-refractivity contribution in [3.05, 3.63) is 0 Å². The van der Waals surface area contributed by atoms with Crippen LogP contribution >= 0.6 is 0 Å². The molecule has 1 aliphatic carbocycles. The van der Waals surface area contributed by atoms with Crippen LogP contribution in [0.25, 0.3) is 0 Å². The summed E-state index contributed by atoms with van der Waals surface area (Å²) in [7, 11) is 1.46. The van der Waals surface area contributed by atoms with Crippen molar-refractivity contribution in [3.63, 3.8) is 0 Å². The Labute approximate surface area is 90.3 Å². The van der Waals surface area contributed by atoms with Crippen molar-refractivity contribution in [1.82, 2.24) is 5.32 Å². The number of hydrogen-bond donors (Lipinski definition) is 1. The minimum atomic E-state index is -0.480. The van der Waals surface area contributed by atoms with Crippen LogP contribution in [0.15, 0.2) is 0 Å². The van der Waals surface area contributed by atoms with Gasteiger partial charge in [-0.05, 0) is 32.1 Å². The third-order valence-corrected chi connectivity index (χ3v) is 3.20. The molecule has 86 valence electrons. The Morgan fingerprint density at radius 3 is 2.87 bits per heavy atom. The lowest BCUT2D eigenvalue weighted by Gasteiger charge is -2.30. The molecule has 2 fully saturated rings. The van der Waals surface area contributed by atoms with Gasteiger partial charge >= 0.3 is 5.97 Å². The van der Waals surface area contributed by atoms with Gasteiger partial charge in [-0.3, -0.25) is 10.1 Å². The van der Waals surface area contributed by atoms with Gasteiger partial charge in [0.1, 0.15) is 5.54 Å². The Morgan fingerprint density at radius 1 is 1.40 bits per heavy atom. The lowest BCUT2D eigenvalue weighted by molar-refractivity contribution is -0.149. The molecule has 15 heavy (non-hydrogen) atoms. The molecule has 0 spiro atoms. The van der Waals surface area contributed by atoms with Crippen LogP contribution in [-0.4, -0.2) is 37.9 Å². The van der Waals surface area contributed by atoms with Crippen LogP contribution in [0.4, 0.5) is 0 Å². The minimum Gasteiger partial charge on any atom is -0.468 e. The Bertz CT molecular complexity index is 230. The average Bonchev–Trinajstić information content (AvgIpc) is 3.05. The predicted molar refractivity (Wildman–Crippen MR) is 55.6 cm³/mol. The molecular formula is C11H19NO3. The van der Waals surface area contributed by atoms with Gasteiger partial charge in [0.05, 0.1) is 7.11 Å². The third-order valence-electron chi connectivity index (χ3n) is 3.20. The molecule has 4 heteroatoms.